The van der Waals surface area contributed by atoms with Gasteiger partial charge >= 0.3 is 0 Å². The molecule has 1 aromatic heterocycles. The number of nitrogens with one attached hydrogen (secondary N) is 1. The highest BCUT2D eigenvalue weighted by Gasteiger charge is 2.38. The van der Waals surface area contributed by atoms with Crippen LogP contribution in [0.4, 0.5) is 0 Å². The van der Waals surface area contributed by atoms with Gasteiger partial charge in [-0.15, -0.1) is 0 Å². The second kappa shape index (κ2) is 5.22. The maximum Gasteiger partial charge on any atom is 0.158 e. The van der Waals surface area contributed by atoms with Crippen LogP contribution in [-0.2, 0) is 11.2 Å². The summed E-state index contributed by atoms with van der Waals surface area (Å²) in [5.74, 6) is 0.288. The van der Waals surface area contributed by atoms with Crippen LogP contribution in [-0.4, -0.2) is 27.6 Å². The van der Waals surface area contributed by atoms with Gasteiger partial charge in [0, 0.05) is 12.2 Å². The fourth-order valence-corrected chi connectivity index (χ4v) is 2.64. The molecule has 18 heavy (non-hydrogen) atoms. The first-order chi connectivity index (χ1) is 8.57. The fraction of sp³-hybridized carbons (Fsp3) is 0.714. The molecular weight excluding hydrogens is 226 g/mol. The third-order valence-electron chi connectivity index (χ3n) is 3.92. The molecule has 4 heteroatoms. The summed E-state index contributed by atoms with van der Waals surface area (Å²) in [5, 5.41) is 7.84. The maximum atomic E-state index is 12.4. The van der Waals surface area contributed by atoms with Gasteiger partial charge in [-0.25, -0.2) is 0 Å². The molecule has 1 fully saturated rings. The molecule has 1 aliphatic heterocycles. The predicted molar refractivity (Wildman–Crippen MR) is 71.6 cm³/mol. The second-order valence-corrected chi connectivity index (χ2v) is 5.45. The zero-order valence-electron chi connectivity index (χ0n) is 11.6. The molecule has 1 saturated heterocycles. The topological polar surface area (TPSA) is 46.9 Å². The fourth-order valence-electron chi connectivity index (χ4n) is 2.64. The average Bonchev–Trinajstić information content (AvgIpc) is 2.97. The minimum atomic E-state index is -0.290. The van der Waals surface area contributed by atoms with Crippen LogP contribution in [0.5, 0.6) is 0 Å². The van der Waals surface area contributed by atoms with E-state index in [1.807, 2.05) is 16.9 Å². The Morgan fingerprint density at radius 3 is 2.89 bits per heavy atom. The summed E-state index contributed by atoms with van der Waals surface area (Å²) in [7, 11) is 0. The molecule has 2 rings (SSSR count). The Balaban J connectivity index is 2.06. The quantitative estimate of drug-likeness (QED) is 0.869. The van der Waals surface area contributed by atoms with Crippen molar-refractivity contribution in [1.82, 2.24) is 15.1 Å². The van der Waals surface area contributed by atoms with Crippen molar-refractivity contribution in [1.29, 1.82) is 0 Å². The molecule has 0 radical (unpaired) electrons. The number of aromatic nitrogens is 2. The molecule has 100 valence electrons. The summed E-state index contributed by atoms with van der Waals surface area (Å²) in [6.07, 6.45) is 5.33. The van der Waals surface area contributed by atoms with E-state index in [1.54, 1.807) is 0 Å². The molecule has 1 aliphatic rings. The van der Waals surface area contributed by atoms with Crippen LogP contribution in [0.1, 0.15) is 51.8 Å². The molecule has 1 unspecified atom stereocenters. The van der Waals surface area contributed by atoms with Crippen molar-refractivity contribution in [2.75, 3.05) is 6.54 Å². The molecule has 4 nitrogen and oxygen atoms in total. The van der Waals surface area contributed by atoms with Crippen LogP contribution in [0.3, 0.4) is 0 Å². The van der Waals surface area contributed by atoms with Crippen molar-refractivity contribution in [3.63, 3.8) is 0 Å². The van der Waals surface area contributed by atoms with E-state index >= 15 is 0 Å². The number of rotatable bonds is 5. The van der Waals surface area contributed by atoms with Gasteiger partial charge in [0.05, 0.1) is 17.7 Å². The average molecular weight is 249 g/mol. The molecular formula is C14H23N3O. The molecule has 0 amide bonds. The number of carbonyl (C=O) groups is 1. The van der Waals surface area contributed by atoms with E-state index in [4.69, 9.17) is 0 Å². The molecule has 0 bridgehead atoms. The van der Waals surface area contributed by atoms with Gasteiger partial charge in [-0.1, -0.05) is 6.92 Å². The highest BCUT2D eigenvalue weighted by Crippen LogP contribution is 2.25. The van der Waals surface area contributed by atoms with Gasteiger partial charge in [0.2, 0.25) is 0 Å². The maximum absolute atomic E-state index is 12.4. The van der Waals surface area contributed by atoms with Crippen LogP contribution in [0.2, 0.25) is 0 Å². The Morgan fingerprint density at radius 1 is 1.61 bits per heavy atom. The van der Waals surface area contributed by atoms with E-state index < -0.39 is 0 Å². The Morgan fingerprint density at radius 2 is 2.39 bits per heavy atom. The summed E-state index contributed by atoms with van der Waals surface area (Å²) in [5.41, 5.74) is 0.594. The van der Waals surface area contributed by atoms with Crippen molar-refractivity contribution in [3.8, 4) is 0 Å². The lowest BCUT2D eigenvalue weighted by Crippen LogP contribution is -2.47. The van der Waals surface area contributed by atoms with Crippen molar-refractivity contribution in [3.05, 3.63) is 18.0 Å². The molecule has 0 aromatic carbocycles. The normalized spacial score (nSPS) is 23.8. The van der Waals surface area contributed by atoms with E-state index in [0.717, 1.165) is 31.5 Å². The Labute approximate surface area is 109 Å². The zero-order chi connectivity index (χ0) is 13.2. The number of nitrogens with zero attached hydrogens (tertiary/aromatic N) is 2. The minimum Gasteiger partial charge on any atom is -0.305 e. The van der Waals surface area contributed by atoms with Gasteiger partial charge in [0.1, 0.15) is 0 Å². The van der Waals surface area contributed by atoms with Gasteiger partial charge in [-0.05, 0) is 45.7 Å². The first-order valence-electron chi connectivity index (χ1n) is 6.90. The third-order valence-corrected chi connectivity index (χ3v) is 3.92. The number of hydrogen-bond acceptors (Lipinski definition) is 3. The van der Waals surface area contributed by atoms with Crippen molar-refractivity contribution >= 4 is 5.78 Å². The largest absolute Gasteiger partial charge is 0.305 e. The van der Waals surface area contributed by atoms with Gasteiger partial charge in [0.25, 0.3) is 0 Å². The predicted octanol–water partition coefficient (Wildman–Crippen LogP) is 2.11. The lowest BCUT2D eigenvalue weighted by Gasteiger charge is -2.26. The lowest BCUT2D eigenvalue weighted by atomic mass is 9.87. The lowest BCUT2D eigenvalue weighted by molar-refractivity contribution is -0.124. The Kier molecular flexibility index (Phi) is 3.85. The van der Waals surface area contributed by atoms with Crippen LogP contribution in [0.25, 0.3) is 0 Å². The highest BCUT2D eigenvalue weighted by atomic mass is 16.1. The molecule has 1 aromatic rings. The number of ketones is 1. The molecule has 1 atom stereocenters. The number of hydrogen-bond donors (Lipinski definition) is 1. The summed E-state index contributed by atoms with van der Waals surface area (Å²) >= 11 is 0. The third kappa shape index (κ3) is 2.48. The van der Waals surface area contributed by atoms with Crippen molar-refractivity contribution in [2.45, 2.75) is 58.0 Å². The SMILES string of the molecule is CCC1(C(=O)Cc2ccn(C(C)C)n2)CCCN1. The van der Waals surface area contributed by atoms with Crippen LogP contribution >= 0.6 is 0 Å². The summed E-state index contributed by atoms with van der Waals surface area (Å²) < 4.78 is 1.91. The van der Waals surface area contributed by atoms with Crippen LogP contribution in [0, 0.1) is 0 Å². The van der Waals surface area contributed by atoms with Gasteiger partial charge in [-0.2, -0.15) is 5.10 Å². The summed E-state index contributed by atoms with van der Waals surface area (Å²) in [6, 6.07) is 2.30. The van der Waals surface area contributed by atoms with E-state index in [-0.39, 0.29) is 11.3 Å². The monoisotopic (exact) mass is 249 g/mol. The van der Waals surface area contributed by atoms with Crippen molar-refractivity contribution < 1.29 is 4.79 Å². The molecule has 0 spiro atoms. The van der Waals surface area contributed by atoms with E-state index in [1.165, 1.54) is 0 Å². The zero-order valence-corrected chi connectivity index (χ0v) is 11.6. The highest BCUT2D eigenvalue weighted by molar-refractivity contribution is 5.90. The van der Waals surface area contributed by atoms with Crippen molar-refractivity contribution in [2.24, 2.45) is 0 Å². The van der Waals surface area contributed by atoms with Gasteiger partial charge < -0.3 is 5.32 Å². The summed E-state index contributed by atoms with van der Waals surface area (Å²) in [6.45, 7) is 7.22. The molecule has 0 saturated carbocycles. The van der Waals surface area contributed by atoms with Crippen LogP contribution < -0.4 is 5.32 Å². The first-order valence-corrected chi connectivity index (χ1v) is 6.90. The molecule has 1 N–H and O–H groups in total. The van der Waals surface area contributed by atoms with Crippen LogP contribution in [0.15, 0.2) is 12.3 Å². The molecule has 2 heterocycles. The number of Topliss-reactive ketones (excluding diaryl/α,β-unsaturated/α-hetero) is 1. The van der Waals surface area contributed by atoms with Gasteiger partial charge in [0.15, 0.2) is 5.78 Å². The van der Waals surface area contributed by atoms with E-state index in [2.05, 4.69) is 31.2 Å². The second-order valence-electron chi connectivity index (χ2n) is 5.45. The summed E-state index contributed by atoms with van der Waals surface area (Å²) in [4.78, 5) is 12.4. The standard InChI is InChI=1S/C14H23N3O/c1-4-14(7-5-8-15-14)13(18)10-12-6-9-17(16-12)11(2)3/h6,9,11,15H,4-5,7-8,10H2,1-3H3. The molecule has 0 aliphatic carbocycles. The van der Waals surface area contributed by atoms with Gasteiger partial charge in [-0.3, -0.25) is 9.48 Å². The Bertz CT molecular complexity index is 416. The Hall–Kier alpha value is -1.16. The van der Waals surface area contributed by atoms with E-state index in [9.17, 15) is 4.79 Å². The first kappa shape index (κ1) is 13.3. The van der Waals surface area contributed by atoms with E-state index in [0.29, 0.717) is 12.5 Å². The smallest absolute Gasteiger partial charge is 0.158 e. The minimum absolute atomic E-state index is 0.288. The number of carbonyl (C=O) groups excluding carboxylic acids is 1.